The standard InChI is InChI=1S/C22H40N4O5/c1-17(2)26-19(8-9-23-26)14-24-10-5-6-13-31-16-20(28)22(29)21(30-4)15-25(18(3)27)12-7-11-24/h8-9,17,20-22,28-29H,5-7,10-16H2,1-4H3/t20-,21-,22-/m0/s1. The van der Waals surface area contributed by atoms with E-state index in [-0.39, 0.29) is 19.1 Å². The fourth-order valence-corrected chi connectivity index (χ4v) is 3.92. The van der Waals surface area contributed by atoms with Crippen molar-refractivity contribution in [1.29, 1.82) is 0 Å². The number of methoxy groups -OCH3 is 1. The van der Waals surface area contributed by atoms with Crippen molar-refractivity contribution in [3.05, 3.63) is 18.0 Å². The third kappa shape index (κ3) is 8.16. The first-order valence-electron chi connectivity index (χ1n) is 11.3. The quantitative estimate of drug-likeness (QED) is 0.722. The highest BCUT2D eigenvalue weighted by atomic mass is 16.5. The highest BCUT2D eigenvalue weighted by Crippen LogP contribution is 2.13. The number of ether oxygens (including phenoxy) is 2. The molecule has 0 radical (unpaired) electrons. The van der Waals surface area contributed by atoms with Crippen LogP contribution >= 0.6 is 0 Å². The predicted octanol–water partition coefficient (Wildman–Crippen LogP) is 1.05. The Morgan fingerprint density at radius 1 is 1.26 bits per heavy atom. The molecule has 31 heavy (non-hydrogen) atoms. The molecule has 1 aromatic rings. The van der Waals surface area contributed by atoms with Crippen LogP contribution in [0.15, 0.2) is 12.3 Å². The van der Waals surface area contributed by atoms with E-state index in [1.165, 1.54) is 19.7 Å². The molecule has 9 heteroatoms. The second-order valence-corrected chi connectivity index (χ2v) is 8.57. The third-order valence-corrected chi connectivity index (χ3v) is 5.75. The average molecular weight is 441 g/mol. The molecular weight excluding hydrogens is 400 g/mol. The van der Waals surface area contributed by atoms with Crippen molar-refractivity contribution >= 4 is 5.91 Å². The Balaban J connectivity index is 2.08. The molecule has 9 nitrogen and oxygen atoms in total. The summed E-state index contributed by atoms with van der Waals surface area (Å²) in [6.07, 6.45) is 1.63. The summed E-state index contributed by atoms with van der Waals surface area (Å²) in [7, 11) is 1.48. The molecule has 2 N–H and O–H groups in total. The number of aromatic nitrogens is 2. The molecule has 0 aliphatic carbocycles. The second kappa shape index (κ2) is 13.1. The maximum Gasteiger partial charge on any atom is 0.219 e. The van der Waals surface area contributed by atoms with E-state index in [0.29, 0.717) is 19.2 Å². The van der Waals surface area contributed by atoms with Crippen LogP contribution in [0, 0.1) is 0 Å². The first kappa shape index (κ1) is 25.7. The van der Waals surface area contributed by atoms with Gasteiger partial charge in [-0.05, 0) is 45.7 Å². The first-order valence-corrected chi connectivity index (χ1v) is 11.3. The van der Waals surface area contributed by atoms with E-state index in [9.17, 15) is 15.0 Å². The van der Waals surface area contributed by atoms with Gasteiger partial charge in [0.25, 0.3) is 0 Å². The van der Waals surface area contributed by atoms with Gasteiger partial charge in [0.15, 0.2) is 0 Å². The molecule has 0 saturated carbocycles. The topological polar surface area (TPSA) is 100 Å². The summed E-state index contributed by atoms with van der Waals surface area (Å²) in [4.78, 5) is 16.3. The number of rotatable bonds is 4. The normalized spacial score (nSPS) is 25.9. The van der Waals surface area contributed by atoms with E-state index < -0.39 is 18.3 Å². The summed E-state index contributed by atoms with van der Waals surface area (Å²) < 4.78 is 13.0. The Labute approximate surface area is 185 Å². The smallest absolute Gasteiger partial charge is 0.219 e. The van der Waals surface area contributed by atoms with Crippen LogP contribution in [0.2, 0.25) is 0 Å². The number of aliphatic hydroxyl groups excluding tert-OH is 2. The van der Waals surface area contributed by atoms with E-state index in [4.69, 9.17) is 9.47 Å². The molecule has 0 aromatic carbocycles. The van der Waals surface area contributed by atoms with E-state index in [2.05, 4.69) is 29.9 Å². The maximum absolute atomic E-state index is 12.2. The van der Waals surface area contributed by atoms with Gasteiger partial charge in [-0.15, -0.1) is 0 Å². The zero-order valence-electron chi connectivity index (χ0n) is 19.4. The van der Waals surface area contributed by atoms with Gasteiger partial charge in [0, 0.05) is 59.1 Å². The number of amides is 1. The molecule has 1 amide bonds. The number of hydrogen-bond donors (Lipinski definition) is 2. The molecule has 1 fully saturated rings. The lowest BCUT2D eigenvalue weighted by atomic mass is 10.1. The van der Waals surface area contributed by atoms with Crippen LogP contribution in [0.5, 0.6) is 0 Å². The summed E-state index contributed by atoms with van der Waals surface area (Å²) in [5, 5.41) is 25.1. The number of carbonyl (C=O) groups is 1. The maximum atomic E-state index is 12.2. The van der Waals surface area contributed by atoms with Crippen LogP contribution in [0.4, 0.5) is 0 Å². The number of nitrogens with zero attached hydrogens (tertiary/aromatic N) is 4. The van der Waals surface area contributed by atoms with Gasteiger partial charge in [-0.3, -0.25) is 14.4 Å². The second-order valence-electron chi connectivity index (χ2n) is 8.57. The van der Waals surface area contributed by atoms with Crippen molar-refractivity contribution in [1.82, 2.24) is 19.6 Å². The van der Waals surface area contributed by atoms with Gasteiger partial charge in [-0.25, -0.2) is 0 Å². The van der Waals surface area contributed by atoms with Crippen molar-refractivity contribution in [3.63, 3.8) is 0 Å². The van der Waals surface area contributed by atoms with E-state index in [1.807, 2.05) is 10.9 Å². The van der Waals surface area contributed by atoms with E-state index >= 15 is 0 Å². The van der Waals surface area contributed by atoms with Crippen molar-refractivity contribution in [2.24, 2.45) is 0 Å². The average Bonchev–Trinajstić information content (AvgIpc) is 3.19. The van der Waals surface area contributed by atoms with Gasteiger partial charge in [-0.1, -0.05) is 0 Å². The molecule has 1 aliphatic heterocycles. The van der Waals surface area contributed by atoms with Crippen molar-refractivity contribution in [2.75, 3.05) is 46.5 Å². The van der Waals surface area contributed by atoms with E-state index in [0.717, 1.165) is 38.9 Å². The molecule has 1 aliphatic rings. The summed E-state index contributed by atoms with van der Waals surface area (Å²) >= 11 is 0. The molecule has 178 valence electrons. The molecule has 0 unspecified atom stereocenters. The largest absolute Gasteiger partial charge is 0.388 e. The van der Waals surface area contributed by atoms with Crippen LogP contribution in [0.3, 0.4) is 0 Å². The van der Waals surface area contributed by atoms with Gasteiger partial charge in [-0.2, -0.15) is 5.10 Å². The lowest BCUT2D eigenvalue weighted by Crippen LogP contribution is -2.48. The fraction of sp³-hybridized carbons (Fsp3) is 0.818. The molecular formula is C22H40N4O5. The molecule has 0 bridgehead atoms. The highest BCUT2D eigenvalue weighted by Gasteiger charge is 2.29. The molecule has 3 atom stereocenters. The highest BCUT2D eigenvalue weighted by molar-refractivity contribution is 5.73. The zero-order chi connectivity index (χ0) is 22.8. The van der Waals surface area contributed by atoms with Crippen molar-refractivity contribution in [3.8, 4) is 0 Å². The monoisotopic (exact) mass is 440 g/mol. The van der Waals surface area contributed by atoms with Crippen LogP contribution in [0.25, 0.3) is 0 Å². The van der Waals surface area contributed by atoms with Gasteiger partial charge >= 0.3 is 0 Å². The Bertz CT molecular complexity index is 654. The minimum absolute atomic E-state index is 0.0401. The summed E-state index contributed by atoms with van der Waals surface area (Å²) in [6.45, 7) is 9.69. The van der Waals surface area contributed by atoms with Gasteiger partial charge < -0.3 is 24.6 Å². The first-order chi connectivity index (χ1) is 14.8. The van der Waals surface area contributed by atoms with Crippen LogP contribution in [-0.2, 0) is 20.8 Å². The molecule has 1 saturated heterocycles. The summed E-state index contributed by atoms with van der Waals surface area (Å²) in [6, 6.07) is 2.37. The lowest BCUT2D eigenvalue weighted by molar-refractivity contribution is -0.136. The minimum Gasteiger partial charge on any atom is -0.388 e. The Kier molecular flexibility index (Phi) is 10.9. The van der Waals surface area contributed by atoms with Crippen molar-refractivity contribution < 1.29 is 24.5 Å². The fourth-order valence-electron chi connectivity index (χ4n) is 3.92. The predicted molar refractivity (Wildman–Crippen MR) is 118 cm³/mol. The van der Waals surface area contributed by atoms with Gasteiger partial charge in [0.05, 0.1) is 12.3 Å². The van der Waals surface area contributed by atoms with Crippen LogP contribution in [-0.4, -0.2) is 101 Å². The molecule has 2 heterocycles. The summed E-state index contributed by atoms with van der Waals surface area (Å²) in [5.74, 6) is -0.0752. The van der Waals surface area contributed by atoms with Gasteiger partial charge in [0.2, 0.25) is 5.91 Å². The molecule has 0 spiro atoms. The Morgan fingerprint density at radius 2 is 2.00 bits per heavy atom. The van der Waals surface area contributed by atoms with Crippen molar-refractivity contribution in [2.45, 2.75) is 70.9 Å². The Hall–Kier alpha value is -1.52. The summed E-state index contributed by atoms with van der Waals surface area (Å²) in [5.41, 5.74) is 1.18. The molecule has 1 aromatic heterocycles. The third-order valence-electron chi connectivity index (χ3n) is 5.75. The number of hydrogen-bond acceptors (Lipinski definition) is 7. The van der Waals surface area contributed by atoms with Gasteiger partial charge in [0.1, 0.15) is 18.3 Å². The van der Waals surface area contributed by atoms with Crippen LogP contribution in [0.1, 0.15) is 51.8 Å². The number of carbonyl (C=O) groups excluding carboxylic acids is 1. The lowest BCUT2D eigenvalue weighted by Gasteiger charge is -2.31. The Morgan fingerprint density at radius 3 is 2.68 bits per heavy atom. The van der Waals surface area contributed by atoms with Crippen LogP contribution < -0.4 is 0 Å². The SMILES string of the molecule is CO[C@H]1CN(C(C)=O)CCCN(Cc2ccnn2C(C)C)CCCCOC[C@H](O)[C@@H]1O. The molecule has 2 rings (SSSR count). The van der Waals surface area contributed by atoms with E-state index in [1.54, 1.807) is 4.90 Å². The number of aliphatic hydroxyl groups is 2. The zero-order valence-corrected chi connectivity index (χ0v) is 19.4. The minimum atomic E-state index is -1.12.